The summed E-state index contributed by atoms with van der Waals surface area (Å²) in [7, 11) is 3.25. The van der Waals surface area contributed by atoms with Gasteiger partial charge < -0.3 is 48.1 Å². The van der Waals surface area contributed by atoms with Crippen LogP contribution in [0.4, 0.5) is 0 Å². The maximum Gasteiger partial charge on any atom is 0.354 e. The molecule has 2 N–H and O–H groups in total. The molecule has 0 fully saturated rings. The van der Waals surface area contributed by atoms with E-state index in [2.05, 4.69) is 43.4 Å². The van der Waals surface area contributed by atoms with Crippen LogP contribution in [0, 0.1) is 23.7 Å². The summed E-state index contributed by atoms with van der Waals surface area (Å²) in [6, 6.07) is 27.2. The fraction of sp³-hybridized carbons (Fsp3) is 0.404. The number of nitrogens with zero attached hydrogens (tertiary/aromatic N) is 6. The summed E-state index contributed by atoms with van der Waals surface area (Å²) >= 11 is 0. The summed E-state index contributed by atoms with van der Waals surface area (Å²) in [6.07, 6.45) is 0.698. The molecule has 6 rings (SSSR count). The number of rotatable bonds is 28. The summed E-state index contributed by atoms with van der Waals surface area (Å²) in [5, 5.41) is 20.0. The van der Waals surface area contributed by atoms with Crippen molar-refractivity contribution in [3.05, 3.63) is 147 Å². The van der Waals surface area contributed by atoms with Crippen LogP contribution in [0.2, 0.25) is 0 Å². The molecule has 1 aliphatic rings. The van der Waals surface area contributed by atoms with Crippen LogP contribution in [-0.4, -0.2) is 184 Å². The van der Waals surface area contributed by atoms with E-state index in [0.717, 1.165) is 17.0 Å². The molecular weight excluding hydrogens is 977 g/mol. The Hall–Kier alpha value is -7.14. The highest BCUT2D eigenvalue weighted by Gasteiger charge is 2.20. The van der Waals surface area contributed by atoms with E-state index in [9.17, 15) is 24.6 Å². The van der Waals surface area contributed by atoms with Crippen molar-refractivity contribution in [2.75, 3.05) is 126 Å². The van der Waals surface area contributed by atoms with Crippen LogP contribution in [0.1, 0.15) is 66.0 Å². The predicted octanol–water partition coefficient (Wildman–Crippen LogP) is 4.70. The van der Waals surface area contributed by atoms with Gasteiger partial charge in [0.05, 0.1) is 95.4 Å². The number of aldehydes is 1. The number of methoxy groups -OCH3 is 2. The number of carbonyl (C=O) groups is 3. The van der Waals surface area contributed by atoms with Crippen LogP contribution < -0.4 is 9.47 Å². The number of carbonyl (C=O) groups excluding carboxylic acids is 1. The molecule has 19 heteroatoms. The maximum atomic E-state index is 12.3. The van der Waals surface area contributed by atoms with Crippen LogP contribution in [0.25, 0.3) is 0 Å². The number of aliphatic carboxylic acids is 1. The molecule has 4 heterocycles. The molecule has 0 saturated heterocycles. The number of benzene rings is 2. The lowest BCUT2D eigenvalue weighted by Crippen LogP contribution is -2.42. The van der Waals surface area contributed by atoms with Crippen LogP contribution in [0.3, 0.4) is 0 Å². The topological polar surface area (TPSA) is 214 Å². The number of aromatic nitrogens is 3. The van der Waals surface area contributed by atoms with Gasteiger partial charge in [0.25, 0.3) is 0 Å². The third kappa shape index (κ3) is 22.0. The first-order chi connectivity index (χ1) is 37.1. The Labute approximate surface area is 444 Å². The second-order valence-electron chi connectivity index (χ2n) is 17.3. The Balaban J connectivity index is 1.09. The van der Waals surface area contributed by atoms with Crippen LogP contribution in [0.15, 0.2) is 91.0 Å². The van der Waals surface area contributed by atoms with E-state index in [0.29, 0.717) is 171 Å². The van der Waals surface area contributed by atoms with Gasteiger partial charge in [-0.3, -0.25) is 29.3 Å². The van der Waals surface area contributed by atoms with E-state index in [-0.39, 0.29) is 24.5 Å². The molecule has 402 valence electrons. The summed E-state index contributed by atoms with van der Waals surface area (Å²) < 4.78 is 43.3. The predicted molar refractivity (Wildman–Crippen MR) is 280 cm³/mol. The molecule has 0 spiro atoms. The van der Waals surface area contributed by atoms with E-state index in [4.69, 9.17) is 42.9 Å². The highest BCUT2D eigenvalue weighted by Crippen LogP contribution is 2.18. The van der Waals surface area contributed by atoms with Crippen molar-refractivity contribution in [3.63, 3.8) is 0 Å². The minimum atomic E-state index is -1.19. The highest BCUT2D eigenvalue weighted by molar-refractivity contribution is 5.85. The van der Waals surface area contributed by atoms with Crippen molar-refractivity contribution in [1.29, 1.82) is 0 Å². The summed E-state index contributed by atoms with van der Waals surface area (Å²) in [5.41, 5.74) is 5.32. The molecule has 0 aliphatic carbocycles. The number of carboxylic acids is 2. The molecule has 5 aromatic rings. The van der Waals surface area contributed by atoms with Crippen molar-refractivity contribution in [3.8, 4) is 35.2 Å². The third-order valence-electron chi connectivity index (χ3n) is 11.4. The Kier molecular flexibility index (Phi) is 25.2. The lowest BCUT2D eigenvalue weighted by molar-refractivity contribution is -0.138. The van der Waals surface area contributed by atoms with Gasteiger partial charge in [0, 0.05) is 88.8 Å². The average Bonchev–Trinajstić information content (AvgIpc) is 3.42. The molecule has 2 bridgehead atoms. The molecule has 0 radical (unpaired) electrons. The maximum absolute atomic E-state index is 12.3. The standard InChI is InChI=1S/C57H66N6O13/c1-69-22-24-71-26-28-73-30-32-75-53-14-10-44(11-15-53)6-8-46-34-50(59-52(36-46)43-64)40-62-20-18-61(42-56(65)66)19-21-63(39-49-5-3-4-48(38-62)58-49)41-51-35-47(37-55(60-51)57(67)68)9-7-45-12-16-54(17-13-45)76-33-31-74-29-27-72-25-23-70-2/h3-5,10-17,34-37,43H,18-33,38-42H2,1-2H3,(H,65,66)(H,67,68). The van der Waals surface area contributed by atoms with Gasteiger partial charge >= 0.3 is 11.9 Å². The number of hydrogen-bond acceptors (Lipinski definition) is 17. The fourth-order valence-electron chi connectivity index (χ4n) is 7.67. The van der Waals surface area contributed by atoms with E-state index in [1.165, 1.54) is 6.07 Å². The fourth-order valence-corrected chi connectivity index (χ4v) is 7.67. The summed E-state index contributed by atoms with van der Waals surface area (Å²) in [4.78, 5) is 56.8. The van der Waals surface area contributed by atoms with Crippen molar-refractivity contribution in [1.82, 2.24) is 29.7 Å². The highest BCUT2D eigenvalue weighted by atomic mass is 16.6. The molecule has 19 nitrogen and oxygen atoms in total. The quantitative estimate of drug-likeness (QED) is 0.0395. The summed E-state index contributed by atoms with van der Waals surface area (Å²) in [6.45, 7) is 8.44. The molecule has 0 unspecified atom stereocenters. The third-order valence-corrected chi connectivity index (χ3v) is 11.4. The van der Waals surface area contributed by atoms with Crippen molar-refractivity contribution in [2.24, 2.45) is 0 Å². The zero-order chi connectivity index (χ0) is 53.6. The van der Waals surface area contributed by atoms with E-state index < -0.39 is 11.9 Å². The molecule has 0 saturated carbocycles. The lowest BCUT2D eigenvalue weighted by atomic mass is 10.1. The van der Waals surface area contributed by atoms with E-state index >= 15 is 0 Å². The Bertz CT molecular complexity index is 2720. The van der Waals surface area contributed by atoms with Gasteiger partial charge in [-0.15, -0.1) is 0 Å². The number of hydrogen-bond donors (Lipinski definition) is 2. The molecular formula is C57H66N6O13. The first-order valence-corrected chi connectivity index (χ1v) is 25.0. The van der Waals surface area contributed by atoms with Crippen molar-refractivity contribution in [2.45, 2.75) is 26.2 Å². The molecule has 2 aromatic carbocycles. The molecule has 0 atom stereocenters. The first-order valence-electron chi connectivity index (χ1n) is 25.0. The van der Waals surface area contributed by atoms with Crippen LogP contribution in [-0.2, 0) is 59.4 Å². The van der Waals surface area contributed by atoms with Gasteiger partial charge in [-0.2, -0.15) is 0 Å². The van der Waals surface area contributed by atoms with Crippen molar-refractivity contribution >= 4 is 18.2 Å². The van der Waals surface area contributed by atoms with Gasteiger partial charge in [0.1, 0.15) is 36.1 Å². The summed E-state index contributed by atoms with van der Waals surface area (Å²) in [5.74, 6) is 11.8. The zero-order valence-electron chi connectivity index (χ0n) is 43.2. The number of fused-ring (bicyclic) bond motifs is 2. The number of pyridine rings is 3. The average molecular weight is 1040 g/mol. The lowest BCUT2D eigenvalue weighted by Gasteiger charge is -2.30. The Morgan fingerprint density at radius 3 is 1.42 bits per heavy atom. The first kappa shape index (κ1) is 58.1. The van der Waals surface area contributed by atoms with E-state index in [1.807, 2.05) is 77.7 Å². The number of ether oxygens (including phenoxy) is 8. The molecule has 3 aromatic heterocycles. The Morgan fingerprint density at radius 1 is 0.526 bits per heavy atom. The largest absolute Gasteiger partial charge is 0.491 e. The molecule has 0 amide bonds. The van der Waals surface area contributed by atoms with Crippen LogP contribution in [0.5, 0.6) is 11.5 Å². The van der Waals surface area contributed by atoms with Gasteiger partial charge in [-0.1, -0.05) is 29.7 Å². The van der Waals surface area contributed by atoms with Gasteiger partial charge in [0.15, 0.2) is 6.29 Å². The minimum Gasteiger partial charge on any atom is -0.491 e. The van der Waals surface area contributed by atoms with Gasteiger partial charge in [0.2, 0.25) is 0 Å². The van der Waals surface area contributed by atoms with Crippen LogP contribution >= 0.6 is 0 Å². The minimum absolute atomic E-state index is 0.143. The SMILES string of the molecule is COCCOCCOCCOc1ccc(C#Cc2cc(C=O)nc(CN3CCN(CC(=O)O)CCN(Cc4cc(C#Cc5ccc(OCCOCCOCCOC)cc5)cc(C(=O)O)n4)Cc4cccc(n4)C3)c2)cc1. The second kappa shape index (κ2) is 33.0. The number of aromatic carboxylic acids is 1. The van der Waals surface area contributed by atoms with E-state index in [1.54, 1.807) is 26.4 Å². The monoisotopic (exact) mass is 1040 g/mol. The molecule has 76 heavy (non-hydrogen) atoms. The normalized spacial score (nSPS) is 13.3. The number of carboxylic acid groups (broad SMARTS) is 2. The second-order valence-corrected chi connectivity index (χ2v) is 17.3. The zero-order valence-corrected chi connectivity index (χ0v) is 43.2. The van der Waals surface area contributed by atoms with Gasteiger partial charge in [-0.25, -0.2) is 14.8 Å². The Morgan fingerprint density at radius 2 is 0.961 bits per heavy atom. The van der Waals surface area contributed by atoms with Gasteiger partial charge in [-0.05, 0) is 84.9 Å². The smallest absolute Gasteiger partial charge is 0.354 e. The molecule has 1 aliphatic heterocycles. The van der Waals surface area contributed by atoms with Crippen molar-refractivity contribution < 1.29 is 62.5 Å².